The summed E-state index contributed by atoms with van der Waals surface area (Å²) in [6.07, 6.45) is 0. The molecule has 0 saturated carbocycles. The molecule has 0 fully saturated rings. The minimum Gasteiger partial charge on any atom is -0.492 e. The summed E-state index contributed by atoms with van der Waals surface area (Å²) < 4.78 is 16.8. The highest BCUT2D eigenvalue weighted by atomic mass is 127. The molecule has 1 aromatic heterocycles. The first-order chi connectivity index (χ1) is 10.5. The number of rotatable bonds is 6. The number of esters is 1. The average Bonchev–Trinajstić information content (AvgIpc) is 2.96. The van der Waals surface area contributed by atoms with Crippen LogP contribution in [0.5, 0.6) is 5.75 Å². The van der Waals surface area contributed by atoms with Gasteiger partial charge in [-0.15, -0.1) is 0 Å². The van der Waals surface area contributed by atoms with Gasteiger partial charge in [0.2, 0.25) is 0 Å². The molecule has 0 spiro atoms. The summed E-state index contributed by atoms with van der Waals surface area (Å²) in [6.45, 7) is 6.93. The van der Waals surface area contributed by atoms with Gasteiger partial charge in [-0.05, 0) is 53.6 Å². The lowest BCUT2D eigenvalue weighted by atomic mass is 10.1. The maximum absolute atomic E-state index is 11.6. The maximum atomic E-state index is 11.6. The van der Waals surface area contributed by atoms with Gasteiger partial charge in [-0.3, -0.25) is 0 Å². The molecule has 0 aliphatic heterocycles. The Hall–Kier alpha value is -1.57. The van der Waals surface area contributed by atoms with E-state index < -0.39 is 5.97 Å². The number of ether oxygens (including phenoxy) is 2. The van der Waals surface area contributed by atoms with Crippen molar-refractivity contribution in [3.8, 4) is 17.1 Å². The highest BCUT2D eigenvalue weighted by molar-refractivity contribution is 14.1. The zero-order valence-electron chi connectivity index (χ0n) is 12.8. The highest BCUT2D eigenvalue weighted by Crippen LogP contribution is 2.28. The van der Waals surface area contributed by atoms with Gasteiger partial charge in [0.05, 0.1) is 16.8 Å². The molecule has 22 heavy (non-hydrogen) atoms. The molecule has 0 amide bonds. The smallest absolute Gasteiger partial charge is 0.360 e. The third-order valence-electron chi connectivity index (χ3n) is 2.78. The van der Waals surface area contributed by atoms with Crippen molar-refractivity contribution in [2.45, 2.75) is 20.8 Å². The lowest BCUT2D eigenvalue weighted by Gasteiger charge is -2.10. The number of carbonyl (C=O) groups excluding carboxylic acids is 1. The Morgan fingerprint density at radius 3 is 2.77 bits per heavy atom. The Morgan fingerprint density at radius 2 is 2.14 bits per heavy atom. The minimum absolute atomic E-state index is 0.173. The van der Waals surface area contributed by atoms with Crippen LogP contribution in [0, 0.1) is 9.49 Å². The molecule has 0 atom stereocenters. The van der Waals surface area contributed by atoms with Crippen LogP contribution in [0.2, 0.25) is 0 Å². The molecule has 0 bridgehead atoms. The number of hydrogen-bond donors (Lipinski definition) is 0. The number of hydrogen-bond acceptors (Lipinski definition) is 5. The summed E-state index contributed by atoms with van der Waals surface area (Å²) in [5, 5.41) is 3.74. The van der Waals surface area contributed by atoms with Crippen LogP contribution < -0.4 is 4.74 Å². The number of halogens is 1. The molecular formula is C16H18INO4. The van der Waals surface area contributed by atoms with E-state index >= 15 is 0 Å². The van der Waals surface area contributed by atoms with Crippen LogP contribution in [-0.2, 0) is 4.74 Å². The number of carbonyl (C=O) groups is 1. The molecule has 0 unspecified atom stereocenters. The first-order valence-electron chi connectivity index (χ1n) is 7.07. The van der Waals surface area contributed by atoms with Crippen molar-refractivity contribution in [2.24, 2.45) is 5.92 Å². The topological polar surface area (TPSA) is 61.6 Å². The Labute approximate surface area is 143 Å². The molecule has 5 nitrogen and oxygen atoms in total. The fraction of sp³-hybridized carbons (Fsp3) is 0.375. The zero-order chi connectivity index (χ0) is 16.1. The van der Waals surface area contributed by atoms with Crippen molar-refractivity contribution in [3.63, 3.8) is 0 Å². The summed E-state index contributed by atoms with van der Waals surface area (Å²) >= 11 is 2.21. The van der Waals surface area contributed by atoms with Crippen LogP contribution in [0.1, 0.15) is 31.3 Å². The molecule has 0 aliphatic rings. The van der Waals surface area contributed by atoms with E-state index in [4.69, 9.17) is 14.0 Å². The molecule has 0 saturated heterocycles. The van der Waals surface area contributed by atoms with Gasteiger partial charge in [-0.2, -0.15) is 0 Å². The van der Waals surface area contributed by atoms with Gasteiger partial charge in [-0.1, -0.05) is 19.0 Å². The Morgan fingerprint density at radius 1 is 1.36 bits per heavy atom. The maximum Gasteiger partial charge on any atom is 0.360 e. The second kappa shape index (κ2) is 7.62. The molecule has 1 aromatic carbocycles. The molecule has 2 rings (SSSR count). The molecule has 0 aliphatic carbocycles. The van der Waals surface area contributed by atoms with Crippen LogP contribution in [0.25, 0.3) is 11.3 Å². The highest BCUT2D eigenvalue weighted by Gasteiger charge is 2.15. The van der Waals surface area contributed by atoms with Crippen molar-refractivity contribution >= 4 is 28.6 Å². The number of benzene rings is 1. The van der Waals surface area contributed by atoms with Crippen LogP contribution in [0.3, 0.4) is 0 Å². The van der Waals surface area contributed by atoms with E-state index in [9.17, 15) is 4.79 Å². The monoisotopic (exact) mass is 415 g/mol. The van der Waals surface area contributed by atoms with Gasteiger partial charge in [0.15, 0.2) is 11.5 Å². The second-order valence-corrected chi connectivity index (χ2v) is 6.31. The molecule has 0 radical (unpaired) electrons. The standard InChI is InChI=1S/C16H18INO4/c1-4-20-16(19)13-8-15(22-18-13)11-5-6-14(12(17)7-11)21-9-10(2)3/h5-8,10H,4,9H2,1-3H3. The normalized spacial score (nSPS) is 10.8. The van der Waals surface area contributed by atoms with Crippen molar-refractivity contribution < 1.29 is 18.8 Å². The first kappa shape index (κ1) is 16.8. The van der Waals surface area contributed by atoms with Crippen LogP contribution in [0.4, 0.5) is 0 Å². The largest absolute Gasteiger partial charge is 0.492 e. The molecule has 2 aromatic rings. The van der Waals surface area contributed by atoms with Crippen molar-refractivity contribution in [2.75, 3.05) is 13.2 Å². The second-order valence-electron chi connectivity index (χ2n) is 5.15. The quantitative estimate of drug-likeness (QED) is 0.524. The van der Waals surface area contributed by atoms with Crippen molar-refractivity contribution in [3.05, 3.63) is 33.5 Å². The molecule has 6 heteroatoms. The van der Waals surface area contributed by atoms with Gasteiger partial charge < -0.3 is 14.0 Å². The van der Waals surface area contributed by atoms with E-state index in [0.29, 0.717) is 24.9 Å². The van der Waals surface area contributed by atoms with E-state index in [1.807, 2.05) is 18.2 Å². The summed E-state index contributed by atoms with van der Waals surface area (Å²) in [4.78, 5) is 11.6. The van der Waals surface area contributed by atoms with Crippen molar-refractivity contribution in [1.29, 1.82) is 0 Å². The lowest BCUT2D eigenvalue weighted by Crippen LogP contribution is -2.05. The van der Waals surface area contributed by atoms with E-state index in [1.54, 1.807) is 13.0 Å². The molecule has 0 N–H and O–H groups in total. The number of aromatic nitrogens is 1. The van der Waals surface area contributed by atoms with E-state index in [1.165, 1.54) is 0 Å². The Balaban J connectivity index is 2.16. The van der Waals surface area contributed by atoms with E-state index in [2.05, 4.69) is 41.6 Å². The summed E-state index contributed by atoms with van der Waals surface area (Å²) in [5.41, 5.74) is 1.01. The van der Waals surface area contributed by atoms with Gasteiger partial charge in [0.25, 0.3) is 0 Å². The predicted molar refractivity (Wildman–Crippen MR) is 90.9 cm³/mol. The van der Waals surface area contributed by atoms with Gasteiger partial charge in [0, 0.05) is 11.6 Å². The van der Waals surface area contributed by atoms with E-state index in [0.717, 1.165) is 14.9 Å². The van der Waals surface area contributed by atoms with Gasteiger partial charge >= 0.3 is 5.97 Å². The molecular weight excluding hydrogens is 397 g/mol. The summed E-state index contributed by atoms with van der Waals surface area (Å²) in [5.74, 6) is 1.35. The number of nitrogens with zero attached hydrogens (tertiary/aromatic N) is 1. The van der Waals surface area contributed by atoms with Crippen molar-refractivity contribution in [1.82, 2.24) is 5.16 Å². The zero-order valence-corrected chi connectivity index (χ0v) is 14.9. The minimum atomic E-state index is -0.482. The Kier molecular flexibility index (Phi) is 5.82. The Bertz CT molecular complexity index is 651. The fourth-order valence-electron chi connectivity index (χ4n) is 1.74. The first-order valence-corrected chi connectivity index (χ1v) is 8.15. The van der Waals surface area contributed by atoms with Crippen LogP contribution in [-0.4, -0.2) is 24.3 Å². The summed E-state index contributed by atoms with van der Waals surface area (Å²) in [6, 6.07) is 7.29. The van der Waals surface area contributed by atoms with E-state index in [-0.39, 0.29) is 5.69 Å². The molecule has 118 valence electrons. The van der Waals surface area contributed by atoms with Crippen LogP contribution >= 0.6 is 22.6 Å². The third-order valence-corrected chi connectivity index (χ3v) is 3.63. The lowest BCUT2D eigenvalue weighted by molar-refractivity contribution is 0.0514. The third kappa shape index (κ3) is 4.22. The molecule has 1 heterocycles. The predicted octanol–water partition coefficient (Wildman–Crippen LogP) is 4.16. The average molecular weight is 415 g/mol. The SMILES string of the molecule is CCOC(=O)c1cc(-c2ccc(OCC(C)C)c(I)c2)on1. The fourth-order valence-corrected chi connectivity index (χ4v) is 2.41. The van der Waals surface area contributed by atoms with Gasteiger partial charge in [-0.25, -0.2) is 4.79 Å². The van der Waals surface area contributed by atoms with Crippen LogP contribution in [0.15, 0.2) is 28.8 Å². The summed E-state index contributed by atoms with van der Waals surface area (Å²) in [7, 11) is 0. The van der Waals surface area contributed by atoms with Gasteiger partial charge in [0.1, 0.15) is 5.75 Å².